The van der Waals surface area contributed by atoms with Crippen molar-refractivity contribution in [2.24, 2.45) is 5.41 Å². The van der Waals surface area contributed by atoms with Gasteiger partial charge in [0.15, 0.2) is 5.78 Å². The second-order valence-corrected chi connectivity index (χ2v) is 9.47. The molecule has 1 aromatic carbocycles. The molecule has 0 atom stereocenters. The van der Waals surface area contributed by atoms with E-state index in [0.717, 1.165) is 4.73 Å². The minimum atomic E-state index is -0.775. The molecular weight excluding hydrogens is 356 g/mol. The van der Waals surface area contributed by atoms with Gasteiger partial charge in [-0.3, -0.25) is 9.59 Å². The van der Waals surface area contributed by atoms with Crippen LogP contribution < -0.4 is 4.43 Å². The molecule has 6 heteroatoms. The van der Waals surface area contributed by atoms with Crippen LogP contribution in [0.1, 0.15) is 64.8 Å². The Morgan fingerprint density at radius 2 is 1.71 bits per heavy atom. The second kappa shape index (κ2) is 5.87. The number of ketones is 2. The molecular formula is C22H24N2O4. The Morgan fingerprint density at radius 3 is 2.39 bits per heavy atom. The first-order valence-corrected chi connectivity index (χ1v) is 9.57. The third-order valence-corrected chi connectivity index (χ3v) is 5.84. The summed E-state index contributed by atoms with van der Waals surface area (Å²) in [5, 5.41) is 13.2. The van der Waals surface area contributed by atoms with E-state index in [4.69, 9.17) is 0 Å². The van der Waals surface area contributed by atoms with Crippen LogP contribution in [0, 0.1) is 15.5 Å². The van der Waals surface area contributed by atoms with Crippen molar-refractivity contribution in [1.82, 2.24) is 4.73 Å². The molecule has 0 amide bonds. The summed E-state index contributed by atoms with van der Waals surface area (Å²) in [7, 11) is 0. The molecule has 0 spiro atoms. The Labute approximate surface area is 163 Å². The van der Waals surface area contributed by atoms with Crippen LogP contribution in [0.3, 0.4) is 0 Å². The van der Waals surface area contributed by atoms with Crippen molar-refractivity contribution in [1.29, 1.82) is 0 Å². The summed E-state index contributed by atoms with van der Waals surface area (Å²) in [5.74, 6) is -0.107. The fourth-order valence-electron chi connectivity index (χ4n) is 4.84. The number of para-hydroxylation sites is 2. The van der Waals surface area contributed by atoms with Gasteiger partial charge in [-0.25, -0.2) is 0 Å². The van der Waals surface area contributed by atoms with Gasteiger partial charge in [-0.15, -0.1) is 0 Å². The summed E-state index contributed by atoms with van der Waals surface area (Å²) in [5.41, 5.74) is 0.841. The average molecular weight is 380 g/mol. The molecule has 2 aliphatic carbocycles. The van der Waals surface area contributed by atoms with E-state index in [1.54, 1.807) is 24.3 Å². The van der Waals surface area contributed by atoms with Gasteiger partial charge in [-0.05, 0) is 23.5 Å². The maximum Gasteiger partial charge on any atom is 0.293 e. The van der Waals surface area contributed by atoms with Gasteiger partial charge >= 0.3 is 0 Å². The number of carbonyl (C=O) groups is 2. The molecule has 28 heavy (non-hydrogen) atoms. The Morgan fingerprint density at radius 1 is 1.04 bits per heavy atom. The van der Waals surface area contributed by atoms with Crippen LogP contribution in [-0.2, 0) is 15.0 Å². The lowest BCUT2D eigenvalue weighted by Crippen LogP contribution is -2.41. The predicted molar refractivity (Wildman–Crippen MR) is 106 cm³/mol. The van der Waals surface area contributed by atoms with E-state index in [-0.39, 0.29) is 52.1 Å². The summed E-state index contributed by atoms with van der Waals surface area (Å²) in [6.45, 7) is 7.60. The van der Waals surface area contributed by atoms with Gasteiger partial charge < -0.3 is 9.94 Å². The topological polar surface area (TPSA) is 85.1 Å². The number of carbonyl (C=O) groups excluding carboxylic acids is 2. The third kappa shape index (κ3) is 2.70. The molecule has 4 rings (SSSR count). The van der Waals surface area contributed by atoms with Gasteiger partial charge in [0.2, 0.25) is 0 Å². The summed E-state index contributed by atoms with van der Waals surface area (Å²) in [6.07, 6.45) is 1.31. The molecule has 0 saturated heterocycles. The van der Waals surface area contributed by atoms with Crippen LogP contribution in [0.2, 0.25) is 0 Å². The van der Waals surface area contributed by atoms with E-state index in [1.165, 1.54) is 0 Å². The second-order valence-electron chi connectivity index (χ2n) is 9.47. The summed E-state index contributed by atoms with van der Waals surface area (Å²) < 4.78 is 1.51. The third-order valence-electron chi connectivity index (χ3n) is 5.84. The van der Waals surface area contributed by atoms with Crippen LogP contribution >= 0.6 is 0 Å². The maximum atomic E-state index is 13.3. The summed E-state index contributed by atoms with van der Waals surface area (Å²) in [4.78, 5) is 38.8. The Kier molecular flexibility index (Phi) is 3.90. The van der Waals surface area contributed by atoms with Crippen molar-refractivity contribution in [3.8, 4) is 0 Å². The van der Waals surface area contributed by atoms with Crippen LogP contribution in [0.4, 0.5) is 0 Å². The fraction of sp³-hybridized carbons (Fsp3) is 0.455. The summed E-state index contributed by atoms with van der Waals surface area (Å²) >= 11 is 0. The van der Waals surface area contributed by atoms with Gasteiger partial charge in [-0.1, -0.05) is 39.8 Å². The Hall–Kier alpha value is -2.76. The SMILES string of the molecule is CC1(C)CC(=O)C/C(=C2/C(=O)CC(C)(C)c3c2[n+](=O)c2ccccc2n3[O-])C1. The van der Waals surface area contributed by atoms with E-state index >= 15 is 0 Å². The zero-order chi connectivity index (χ0) is 20.4. The quantitative estimate of drug-likeness (QED) is 0.515. The number of rotatable bonds is 0. The maximum absolute atomic E-state index is 13.3. The number of aromatic nitrogens is 2. The highest BCUT2D eigenvalue weighted by molar-refractivity contribution is 6.23. The van der Waals surface area contributed by atoms with Crippen molar-refractivity contribution < 1.29 is 14.0 Å². The number of allylic oxidation sites excluding steroid dienone is 2. The molecule has 1 fully saturated rings. The van der Waals surface area contributed by atoms with Crippen molar-refractivity contribution >= 4 is 28.2 Å². The van der Waals surface area contributed by atoms with E-state index in [2.05, 4.69) is 0 Å². The van der Waals surface area contributed by atoms with Crippen molar-refractivity contribution in [3.63, 3.8) is 0 Å². The van der Waals surface area contributed by atoms with E-state index in [1.807, 2.05) is 27.7 Å². The predicted octanol–water partition coefficient (Wildman–Crippen LogP) is 3.68. The molecule has 6 nitrogen and oxygen atoms in total. The molecule has 1 aromatic heterocycles. The number of fused-ring (bicyclic) bond motifs is 2. The fourth-order valence-corrected chi connectivity index (χ4v) is 4.84. The molecule has 0 N–H and O–H groups in total. The Balaban J connectivity index is 2.14. The highest BCUT2D eigenvalue weighted by atomic mass is 16.5. The van der Waals surface area contributed by atoms with Gasteiger partial charge in [0.25, 0.3) is 11.2 Å². The number of nitrogens with zero attached hydrogens (tertiary/aromatic N) is 2. The largest absolute Gasteiger partial charge is 0.805 e. The van der Waals surface area contributed by atoms with E-state index < -0.39 is 5.41 Å². The minimum absolute atomic E-state index is 0.0613. The van der Waals surface area contributed by atoms with Crippen LogP contribution in [0.25, 0.3) is 16.6 Å². The molecule has 0 radical (unpaired) electrons. The lowest BCUT2D eigenvalue weighted by Gasteiger charge is -2.36. The van der Waals surface area contributed by atoms with E-state index in [0.29, 0.717) is 28.5 Å². The molecule has 0 aliphatic heterocycles. The van der Waals surface area contributed by atoms with Crippen molar-refractivity contribution in [2.75, 3.05) is 0 Å². The number of Topliss-reactive ketones (excluding diaryl/α,β-unsaturated/α-hetero) is 2. The van der Waals surface area contributed by atoms with Crippen LogP contribution in [0.5, 0.6) is 0 Å². The standard InChI is InChI=1S/C22H24N2O4/c1-21(2)10-13(9-14(25)11-21)18-17(26)12-22(3,4)20-19(18)23(27)15-7-5-6-8-16(15)24(20)28/h5-8H,9-12H2,1-4H3/b18-13+. The monoisotopic (exact) mass is 380 g/mol. The number of hydrogen-bond acceptors (Lipinski definition) is 4. The number of hydrogen-bond donors (Lipinski definition) is 0. The first-order valence-electron chi connectivity index (χ1n) is 9.57. The number of benzene rings is 1. The molecule has 0 unspecified atom stereocenters. The normalized spacial score (nSPS) is 23.7. The highest BCUT2D eigenvalue weighted by Crippen LogP contribution is 2.45. The summed E-state index contributed by atoms with van der Waals surface area (Å²) in [6, 6.07) is 6.61. The zero-order valence-corrected chi connectivity index (χ0v) is 16.7. The molecule has 0 bridgehead atoms. The molecule has 2 aliphatic rings. The Bertz CT molecular complexity index is 1140. The minimum Gasteiger partial charge on any atom is -0.805 e. The molecule has 2 aromatic rings. The van der Waals surface area contributed by atoms with Crippen molar-refractivity contribution in [3.05, 3.63) is 51.3 Å². The molecule has 1 saturated carbocycles. The van der Waals surface area contributed by atoms with Crippen LogP contribution in [0.15, 0.2) is 29.8 Å². The van der Waals surface area contributed by atoms with Gasteiger partial charge in [0.05, 0.1) is 15.7 Å². The molecule has 146 valence electrons. The van der Waals surface area contributed by atoms with Gasteiger partial charge in [-0.2, -0.15) is 0 Å². The average Bonchev–Trinajstić information content (AvgIpc) is 2.56. The van der Waals surface area contributed by atoms with Gasteiger partial charge in [0, 0.05) is 35.7 Å². The lowest BCUT2D eigenvalue weighted by molar-refractivity contribution is -0.469. The van der Waals surface area contributed by atoms with E-state index in [9.17, 15) is 19.7 Å². The smallest absolute Gasteiger partial charge is 0.293 e. The first-order chi connectivity index (χ1) is 13.0. The van der Waals surface area contributed by atoms with Gasteiger partial charge in [0.1, 0.15) is 11.3 Å². The van der Waals surface area contributed by atoms with Crippen LogP contribution in [-0.4, -0.2) is 16.3 Å². The first kappa shape index (κ1) is 18.6. The lowest BCUT2D eigenvalue weighted by atomic mass is 9.68. The molecule has 1 heterocycles. The highest BCUT2D eigenvalue weighted by Gasteiger charge is 2.46. The van der Waals surface area contributed by atoms with Crippen molar-refractivity contribution in [2.45, 2.75) is 58.8 Å². The zero-order valence-electron chi connectivity index (χ0n) is 16.7.